The van der Waals surface area contributed by atoms with Crippen LogP contribution in [0.2, 0.25) is 5.15 Å². The maximum atomic E-state index is 11.6. The number of carbonyl (C=O) groups is 2. The number of hydrogen-bond donors (Lipinski definition) is 2. The van der Waals surface area contributed by atoms with Crippen molar-refractivity contribution < 1.29 is 19.5 Å². The molecule has 0 saturated heterocycles. The normalized spacial score (nSPS) is 10.4. The van der Waals surface area contributed by atoms with Crippen molar-refractivity contribution in [1.82, 2.24) is 10.5 Å². The Morgan fingerprint density at radius 1 is 1.50 bits per heavy atom. The van der Waals surface area contributed by atoms with Gasteiger partial charge in [0.15, 0.2) is 6.61 Å². The van der Waals surface area contributed by atoms with Crippen LogP contribution in [0.15, 0.2) is 12.1 Å². The molecule has 0 spiro atoms. The van der Waals surface area contributed by atoms with Gasteiger partial charge < -0.3 is 5.11 Å². The smallest absolute Gasteiger partial charge is 0.332 e. The number of carbonyl (C=O) groups excluding carboxylic acids is 1. The van der Waals surface area contributed by atoms with Gasteiger partial charge in [-0.05, 0) is 18.1 Å². The lowest BCUT2D eigenvalue weighted by molar-refractivity contribution is -0.144. The molecule has 0 bridgehead atoms. The molecule has 0 radical (unpaired) electrons. The second-order valence-electron chi connectivity index (χ2n) is 3.87. The van der Waals surface area contributed by atoms with E-state index in [-0.39, 0.29) is 16.6 Å². The predicted molar refractivity (Wildman–Crippen MR) is 64.4 cm³/mol. The Kier molecular flexibility index (Phi) is 5.06. The van der Waals surface area contributed by atoms with E-state index in [1.165, 1.54) is 6.07 Å². The molecule has 1 aromatic heterocycles. The highest BCUT2D eigenvalue weighted by Gasteiger charge is 2.11. The van der Waals surface area contributed by atoms with Gasteiger partial charge in [0.25, 0.3) is 5.91 Å². The number of hydroxylamine groups is 1. The van der Waals surface area contributed by atoms with Gasteiger partial charge in [-0.2, -0.15) is 0 Å². The highest BCUT2D eigenvalue weighted by atomic mass is 35.5. The van der Waals surface area contributed by atoms with E-state index in [9.17, 15) is 9.59 Å². The number of halogens is 1. The van der Waals surface area contributed by atoms with Crippen LogP contribution in [0, 0.1) is 0 Å². The standard InChI is InChI=1S/C11H13ClN2O4/c1-6(2)8-3-7(4-9(12)13-8)11(17)14-18-5-10(15)16/h3-4,6H,5H2,1-2H3,(H,14,17)(H,15,16). The van der Waals surface area contributed by atoms with E-state index < -0.39 is 18.5 Å². The summed E-state index contributed by atoms with van der Waals surface area (Å²) in [6, 6.07) is 2.96. The molecule has 0 aliphatic heterocycles. The van der Waals surface area contributed by atoms with Crippen molar-refractivity contribution in [3.8, 4) is 0 Å². The molecule has 1 amide bonds. The van der Waals surface area contributed by atoms with Gasteiger partial charge in [0.2, 0.25) is 0 Å². The van der Waals surface area contributed by atoms with E-state index in [2.05, 4.69) is 9.82 Å². The van der Waals surface area contributed by atoms with E-state index in [0.717, 1.165) is 0 Å². The van der Waals surface area contributed by atoms with Crippen molar-refractivity contribution in [2.75, 3.05) is 6.61 Å². The molecule has 0 aromatic carbocycles. The topological polar surface area (TPSA) is 88.5 Å². The lowest BCUT2D eigenvalue weighted by atomic mass is 10.1. The van der Waals surface area contributed by atoms with Crippen molar-refractivity contribution in [3.05, 3.63) is 28.5 Å². The molecule has 7 heteroatoms. The molecule has 6 nitrogen and oxygen atoms in total. The summed E-state index contributed by atoms with van der Waals surface area (Å²) in [6.45, 7) is 3.23. The summed E-state index contributed by atoms with van der Waals surface area (Å²) >= 11 is 5.80. The first-order valence-electron chi connectivity index (χ1n) is 5.21. The van der Waals surface area contributed by atoms with Gasteiger partial charge in [0.05, 0.1) is 0 Å². The summed E-state index contributed by atoms with van der Waals surface area (Å²) in [4.78, 5) is 30.4. The maximum absolute atomic E-state index is 11.6. The third kappa shape index (κ3) is 4.31. The molecule has 0 fully saturated rings. The molecule has 1 heterocycles. The fourth-order valence-electron chi connectivity index (χ4n) is 1.17. The summed E-state index contributed by atoms with van der Waals surface area (Å²) in [5.74, 6) is -1.62. The summed E-state index contributed by atoms with van der Waals surface area (Å²) in [5.41, 5.74) is 2.96. The number of hydrogen-bond acceptors (Lipinski definition) is 4. The molecule has 18 heavy (non-hydrogen) atoms. The Labute approximate surface area is 109 Å². The Morgan fingerprint density at radius 2 is 2.17 bits per heavy atom. The van der Waals surface area contributed by atoms with Gasteiger partial charge in [-0.1, -0.05) is 25.4 Å². The highest BCUT2D eigenvalue weighted by Crippen LogP contribution is 2.17. The minimum atomic E-state index is -1.18. The molecule has 1 aromatic rings. The van der Waals surface area contributed by atoms with Crippen LogP contribution in [0.5, 0.6) is 0 Å². The molecule has 1 rings (SSSR count). The van der Waals surface area contributed by atoms with Crippen LogP contribution in [0.25, 0.3) is 0 Å². The Balaban J connectivity index is 2.76. The number of amides is 1. The van der Waals surface area contributed by atoms with Crippen LogP contribution in [0.1, 0.15) is 35.8 Å². The average molecular weight is 273 g/mol. The third-order valence-corrected chi connectivity index (χ3v) is 2.22. The van der Waals surface area contributed by atoms with Crippen molar-refractivity contribution >= 4 is 23.5 Å². The molecule has 0 saturated carbocycles. The minimum Gasteiger partial charge on any atom is -0.479 e. The fourth-order valence-corrected chi connectivity index (χ4v) is 1.38. The Hall–Kier alpha value is -1.66. The first-order chi connectivity index (χ1) is 8.40. The summed E-state index contributed by atoms with van der Waals surface area (Å²) in [7, 11) is 0. The van der Waals surface area contributed by atoms with Gasteiger partial charge >= 0.3 is 5.97 Å². The number of pyridine rings is 1. The first kappa shape index (κ1) is 14.4. The average Bonchev–Trinajstić information content (AvgIpc) is 2.27. The molecular formula is C11H13ClN2O4. The van der Waals surface area contributed by atoms with E-state index in [4.69, 9.17) is 16.7 Å². The monoisotopic (exact) mass is 272 g/mol. The molecular weight excluding hydrogens is 260 g/mol. The predicted octanol–water partition coefficient (Wildman–Crippen LogP) is 1.60. The van der Waals surface area contributed by atoms with E-state index in [0.29, 0.717) is 5.69 Å². The maximum Gasteiger partial charge on any atom is 0.332 e. The lowest BCUT2D eigenvalue weighted by Gasteiger charge is -2.08. The van der Waals surface area contributed by atoms with Crippen LogP contribution in [0.4, 0.5) is 0 Å². The van der Waals surface area contributed by atoms with Crippen molar-refractivity contribution in [1.29, 1.82) is 0 Å². The van der Waals surface area contributed by atoms with Crippen LogP contribution in [-0.2, 0) is 9.63 Å². The zero-order valence-electron chi connectivity index (χ0n) is 9.94. The Morgan fingerprint density at radius 3 is 2.72 bits per heavy atom. The van der Waals surface area contributed by atoms with E-state index in [1.54, 1.807) is 6.07 Å². The molecule has 0 unspecified atom stereocenters. The molecule has 0 aliphatic rings. The second kappa shape index (κ2) is 6.32. The van der Waals surface area contributed by atoms with Gasteiger partial charge in [-0.15, -0.1) is 0 Å². The molecule has 98 valence electrons. The van der Waals surface area contributed by atoms with E-state index >= 15 is 0 Å². The SMILES string of the molecule is CC(C)c1cc(C(=O)NOCC(=O)O)cc(Cl)n1. The van der Waals surface area contributed by atoms with Crippen LogP contribution >= 0.6 is 11.6 Å². The molecule has 0 aliphatic carbocycles. The summed E-state index contributed by atoms with van der Waals surface area (Å²) in [6.07, 6.45) is 0. The fraction of sp³-hybridized carbons (Fsp3) is 0.364. The number of nitrogens with one attached hydrogen (secondary N) is 1. The van der Waals surface area contributed by atoms with Crippen LogP contribution < -0.4 is 5.48 Å². The minimum absolute atomic E-state index is 0.121. The largest absolute Gasteiger partial charge is 0.479 e. The number of carboxylic acids is 1. The summed E-state index contributed by atoms with van der Waals surface area (Å²) in [5, 5.41) is 8.55. The summed E-state index contributed by atoms with van der Waals surface area (Å²) < 4.78 is 0. The van der Waals surface area contributed by atoms with Gasteiger partial charge in [0.1, 0.15) is 5.15 Å². The zero-order chi connectivity index (χ0) is 13.7. The zero-order valence-corrected chi connectivity index (χ0v) is 10.7. The van der Waals surface area contributed by atoms with E-state index in [1.807, 2.05) is 19.3 Å². The Bertz CT molecular complexity index is 462. The van der Waals surface area contributed by atoms with Gasteiger partial charge in [0, 0.05) is 11.3 Å². The number of nitrogens with zero attached hydrogens (tertiary/aromatic N) is 1. The van der Waals surface area contributed by atoms with Crippen molar-refractivity contribution in [2.24, 2.45) is 0 Å². The van der Waals surface area contributed by atoms with Gasteiger partial charge in [-0.25, -0.2) is 15.3 Å². The third-order valence-electron chi connectivity index (χ3n) is 2.03. The number of aliphatic carboxylic acids is 1. The van der Waals surface area contributed by atoms with Gasteiger partial charge in [-0.3, -0.25) is 9.63 Å². The van der Waals surface area contributed by atoms with Crippen LogP contribution in [0.3, 0.4) is 0 Å². The molecule has 0 atom stereocenters. The highest BCUT2D eigenvalue weighted by molar-refractivity contribution is 6.29. The first-order valence-corrected chi connectivity index (χ1v) is 5.59. The van der Waals surface area contributed by atoms with Crippen molar-refractivity contribution in [2.45, 2.75) is 19.8 Å². The van der Waals surface area contributed by atoms with Crippen molar-refractivity contribution in [3.63, 3.8) is 0 Å². The number of aromatic nitrogens is 1. The number of rotatable bonds is 5. The molecule has 2 N–H and O–H groups in total. The quantitative estimate of drug-likeness (QED) is 0.628. The lowest BCUT2D eigenvalue weighted by Crippen LogP contribution is -2.26. The number of carboxylic acid groups (broad SMARTS) is 1. The second-order valence-corrected chi connectivity index (χ2v) is 4.26. The van der Waals surface area contributed by atoms with Crippen LogP contribution in [-0.4, -0.2) is 28.6 Å².